The minimum absolute atomic E-state index is 0.0979. The first kappa shape index (κ1) is 17.1. The average molecular weight is 380 g/mol. The minimum atomic E-state index is -0.358. The molecule has 0 amide bonds. The van der Waals surface area contributed by atoms with Crippen molar-refractivity contribution in [2.45, 2.75) is 45.4 Å². The predicted octanol–water partition coefficient (Wildman–Crippen LogP) is 3.23. The highest BCUT2D eigenvalue weighted by atomic mass is 19.1. The molecule has 28 heavy (non-hydrogen) atoms. The Labute approximate surface area is 161 Å². The van der Waals surface area contributed by atoms with E-state index in [9.17, 15) is 4.39 Å². The topological polar surface area (TPSA) is 79.0 Å². The molecule has 3 atom stereocenters. The largest absolute Gasteiger partial charge is 0.475 e. The second-order valence-electron chi connectivity index (χ2n) is 7.51. The molecule has 5 heterocycles. The minimum Gasteiger partial charge on any atom is -0.475 e. The van der Waals surface area contributed by atoms with E-state index in [1.165, 1.54) is 12.3 Å². The van der Waals surface area contributed by atoms with Gasteiger partial charge >= 0.3 is 0 Å². The first-order valence-corrected chi connectivity index (χ1v) is 9.40. The Hall–Kier alpha value is -3.00. The first-order valence-electron chi connectivity index (χ1n) is 9.40. The molecule has 2 N–H and O–H groups in total. The van der Waals surface area contributed by atoms with Gasteiger partial charge in [-0.15, -0.1) is 0 Å². The van der Waals surface area contributed by atoms with E-state index in [1.54, 1.807) is 12.3 Å². The van der Waals surface area contributed by atoms with Crippen LogP contribution in [-0.2, 0) is 4.74 Å². The normalized spacial score (nSPS) is 24.6. The number of ether oxygens (including phenoxy) is 1. The number of nitrogens with one attached hydrogen (secondary N) is 2. The molecule has 0 saturated carbocycles. The van der Waals surface area contributed by atoms with E-state index in [0.717, 1.165) is 45.9 Å². The van der Waals surface area contributed by atoms with Crippen LogP contribution >= 0.6 is 0 Å². The van der Waals surface area contributed by atoms with Gasteiger partial charge in [0.2, 0.25) is 5.88 Å². The number of hydrogen-bond acceptors (Lipinski definition) is 6. The summed E-state index contributed by atoms with van der Waals surface area (Å²) < 4.78 is 19.8. The van der Waals surface area contributed by atoms with Crippen LogP contribution < -0.4 is 5.43 Å². The number of aryl methyl sites for hydroxylation is 1. The molecule has 2 aliphatic rings. The van der Waals surface area contributed by atoms with E-state index < -0.39 is 0 Å². The maximum Gasteiger partial charge on any atom is 0.210 e. The average Bonchev–Trinajstić information content (AvgIpc) is 3.26. The van der Waals surface area contributed by atoms with Crippen molar-refractivity contribution in [3.8, 4) is 0 Å². The molecule has 1 fully saturated rings. The van der Waals surface area contributed by atoms with E-state index in [4.69, 9.17) is 4.74 Å². The van der Waals surface area contributed by atoms with E-state index in [1.807, 2.05) is 13.0 Å². The van der Waals surface area contributed by atoms with Crippen LogP contribution in [0.5, 0.6) is 0 Å². The maximum absolute atomic E-state index is 13.5. The number of halogens is 1. The molecule has 0 aromatic carbocycles. The number of pyridine rings is 2. The SMILES string of the molecule is Cc1cc(C2=C3O[C@H](C)C[C@H](C)N3NC2c2ccc(F)cn2)c2cn[nH]c2n1. The van der Waals surface area contributed by atoms with Crippen molar-refractivity contribution < 1.29 is 9.13 Å². The van der Waals surface area contributed by atoms with Crippen molar-refractivity contribution in [1.82, 2.24) is 30.6 Å². The number of H-pyrrole nitrogens is 1. The van der Waals surface area contributed by atoms with Crippen LogP contribution in [0.1, 0.15) is 43.3 Å². The summed E-state index contributed by atoms with van der Waals surface area (Å²) in [5.41, 5.74) is 7.81. The molecule has 8 heteroatoms. The zero-order valence-corrected chi connectivity index (χ0v) is 15.9. The van der Waals surface area contributed by atoms with E-state index in [0.29, 0.717) is 0 Å². The third-order valence-electron chi connectivity index (χ3n) is 5.32. The Morgan fingerprint density at radius 3 is 2.89 bits per heavy atom. The van der Waals surface area contributed by atoms with Crippen LogP contribution in [0.25, 0.3) is 16.6 Å². The number of aromatic nitrogens is 4. The summed E-state index contributed by atoms with van der Waals surface area (Å²) in [7, 11) is 0. The summed E-state index contributed by atoms with van der Waals surface area (Å²) >= 11 is 0. The molecule has 0 spiro atoms. The van der Waals surface area contributed by atoms with Crippen LogP contribution in [-0.4, -0.2) is 37.3 Å². The van der Waals surface area contributed by atoms with Gasteiger partial charge in [0.05, 0.1) is 30.2 Å². The number of hydrogen-bond donors (Lipinski definition) is 2. The van der Waals surface area contributed by atoms with E-state index in [2.05, 4.69) is 44.4 Å². The lowest BCUT2D eigenvalue weighted by atomic mass is 9.95. The molecule has 0 radical (unpaired) electrons. The lowest BCUT2D eigenvalue weighted by Crippen LogP contribution is -2.46. The van der Waals surface area contributed by atoms with Crippen molar-refractivity contribution in [1.29, 1.82) is 0 Å². The fraction of sp³-hybridized carbons (Fsp3) is 0.350. The van der Waals surface area contributed by atoms with Crippen molar-refractivity contribution in [3.63, 3.8) is 0 Å². The molecule has 2 aliphatic heterocycles. The third kappa shape index (κ3) is 2.63. The number of fused-ring (bicyclic) bond motifs is 2. The summed E-state index contributed by atoms with van der Waals surface area (Å²) in [5.74, 6) is 0.430. The molecule has 5 rings (SSSR count). The highest BCUT2D eigenvalue weighted by Gasteiger charge is 2.42. The fourth-order valence-electron chi connectivity index (χ4n) is 4.11. The summed E-state index contributed by atoms with van der Waals surface area (Å²) in [6.45, 7) is 6.19. The van der Waals surface area contributed by atoms with Crippen LogP contribution in [0, 0.1) is 12.7 Å². The molecular weight excluding hydrogens is 359 g/mol. The quantitative estimate of drug-likeness (QED) is 0.711. The van der Waals surface area contributed by atoms with Gasteiger partial charge in [-0.3, -0.25) is 15.1 Å². The second-order valence-corrected chi connectivity index (χ2v) is 7.51. The van der Waals surface area contributed by atoms with Gasteiger partial charge in [-0.25, -0.2) is 14.8 Å². The predicted molar refractivity (Wildman–Crippen MR) is 102 cm³/mol. The zero-order valence-electron chi connectivity index (χ0n) is 15.9. The number of hydrazine groups is 1. The molecular formula is C20H21FN6O. The molecule has 0 bridgehead atoms. The Morgan fingerprint density at radius 2 is 2.11 bits per heavy atom. The van der Waals surface area contributed by atoms with Crippen molar-refractivity contribution in [2.75, 3.05) is 0 Å². The maximum atomic E-state index is 13.5. The Balaban J connectivity index is 1.75. The van der Waals surface area contributed by atoms with Gasteiger partial charge in [0.15, 0.2) is 5.65 Å². The van der Waals surface area contributed by atoms with Crippen LogP contribution in [0.15, 0.2) is 36.5 Å². The standard InChI is InChI=1S/C20H21FN6O/c1-10-6-14(15-9-23-25-19(15)24-10)17-18(16-5-4-13(21)8-22-16)26-27-11(2)7-12(3)28-20(17)27/h4-6,8-9,11-12,18,26H,7H2,1-3H3,(H,23,24,25)/t11-,12+,18?/m0/s1. The van der Waals surface area contributed by atoms with Gasteiger partial charge in [-0.1, -0.05) is 0 Å². The van der Waals surface area contributed by atoms with Gasteiger partial charge in [0.25, 0.3) is 0 Å². The summed E-state index contributed by atoms with van der Waals surface area (Å²) in [5, 5.41) is 10.1. The van der Waals surface area contributed by atoms with Gasteiger partial charge < -0.3 is 4.74 Å². The third-order valence-corrected chi connectivity index (χ3v) is 5.32. The lowest BCUT2D eigenvalue weighted by molar-refractivity contribution is -0.0320. The summed E-state index contributed by atoms with van der Waals surface area (Å²) in [4.78, 5) is 8.87. The van der Waals surface area contributed by atoms with Crippen LogP contribution in [0.3, 0.4) is 0 Å². The second kappa shape index (κ2) is 6.27. The Bertz CT molecular complexity index is 1080. The molecule has 3 aromatic rings. The fourth-order valence-corrected chi connectivity index (χ4v) is 4.11. The smallest absolute Gasteiger partial charge is 0.210 e. The molecule has 3 aromatic heterocycles. The Kier molecular flexibility index (Phi) is 3.83. The van der Waals surface area contributed by atoms with Crippen LogP contribution in [0.2, 0.25) is 0 Å². The van der Waals surface area contributed by atoms with E-state index >= 15 is 0 Å². The lowest BCUT2D eigenvalue weighted by Gasteiger charge is -2.37. The summed E-state index contributed by atoms with van der Waals surface area (Å²) in [6, 6.07) is 5.17. The molecule has 7 nitrogen and oxygen atoms in total. The zero-order chi connectivity index (χ0) is 19.4. The van der Waals surface area contributed by atoms with Gasteiger partial charge in [0.1, 0.15) is 5.82 Å². The van der Waals surface area contributed by atoms with E-state index in [-0.39, 0.29) is 24.0 Å². The van der Waals surface area contributed by atoms with Gasteiger partial charge in [-0.05, 0) is 44.5 Å². The number of aromatic amines is 1. The highest BCUT2D eigenvalue weighted by Crippen LogP contribution is 2.44. The van der Waals surface area contributed by atoms with Crippen LogP contribution in [0.4, 0.5) is 4.39 Å². The first-order chi connectivity index (χ1) is 13.5. The van der Waals surface area contributed by atoms with Crippen molar-refractivity contribution >= 4 is 16.6 Å². The molecule has 144 valence electrons. The number of rotatable bonds is 2. The van der Waals surface area contributed by atoms with Gasteiger partial charge in [0, 0.05) is 29.1 Å². The molecule has 1 unspecified atom stereocenters. The summed E-state index contributed by atoms with van der Waals surface area (Å²) in [6.07, 6.45) is 4.03. The Morgan fingerprint density at radius 1 is 1.25 bits per heavy atom. The number of nitrogens with zero attached hydrogens (tertiary/aromatic N) is 4. The van der Waals surface area contributed by atoms with Crippen molar-refractivity contribution in [2.24, 2.45) is 0 Å². The highest BCUT2D eigenvalue weighted by molar-refractivity contribution is 5.92. The molecule has 1 saturated heterocycles. The van der Waals surface area contributed by atoms with Gasteiger partial charge in [-0.2, -0.15) is 5.10 Å². The molecule has 0 aliphatic carbocycles. The van der Waals surface area contributed by atoms with Crippen molar-refractivity contribution in [3.05, 3.63) is 59.2 Å². The monoisotopic (exact) mass is 380 g/mol.